The number of rotatable bonds is 4. The van der Waals surface area contributed by atoms with E-state index in [2.05, 4.69) is 47.5 Å². The van der Waals surface area contributed by atoms with Crippen LogP contribution in [0.25, 0.3) is 11.3 Å². The SMILES string of the molecule is COc1ccc(-c2csc(NC(=S)NC(=O)c3ccc(Br)cc3)n2)cc1Br. The molecule has 1 amide bonds. The lowest BCUT2D eigenvalue weighted by atomic mass is 10.2. The fourth-order valence-corrected chi connectivity index (χ4v) is 3.98. The maximum atomic E-state index is 12.2. The van der Waals surface area contributed by atoms with E-state index in [1.807, 2.05) is 23.6 Å². The fourth-order valence-electron chi connectivity index (χ4n) is 2.19. The molecule has 9 heteroatoms. The average molecular weight is 527 g/mol. The number of nitrogens with one attached hydrogen (secondary N) is 2. The van der Waals surface area contributed by atoms with Crippen LogP contribution < -0.4 is 15.4 Å². The molecule has 0 spiro atoms. The van der Waals surface area contributed by atoms with Crippen molar-refractivity contribution in [1.82, 2.24) is 10.3 Å². The molecule has 0 aliphatic heterocycles. The zero-order valence-electron chi connectivity index (χ0n) is 14.0. The van der Waals surface area contributed by atoms with Crippen LogP contribution in [0.15, 0.2) is 56.8 Å². The summed E-state index contributed by atoms with van der Waals surface area (Å²) < 4.78 is 6.99. The minimum atomic E-state index is -0.282. The van der Waals surface area contributed by atoms with E-state index in [1.165, 1.54) is 11.3 Å². The molecule has 0 radical (unpaired) electrons. The number of thiocarbonyl (C=S) groups is 1. The summed E-state index contributed by atoms with van der Waals surface area (Å²) in [6.45, 7) is 0. The van der Waals surface area contributed by atoms with Crippen LogP contribution in [0.3, 0.4) is 0 Å². The van der Waals surface area contributed by atoms with Crippen LogP contribution in [-0.2, 0) is 0 Å². The Hall–Kier alpha value is -1.81. The Labute approximate surface area is 182 Å². The highest BCUT2D eigenvalue weighted by atomic mass is 79.9. The molecule has 3 aromatic rings. The van der Waals surface area contributed by atoms with Gasteiger partial charge in [0.05, 0.1) is 17.3 Å². The molecule has 0 unspecified atom stereocenters. The van der Waals surface area contributed by atoms with Gasteiger partial charge < -0.3 is 10.1 Å². The number of nitrogens with zero attached hydrogens (tertiary/aromatic N) is 1. The summed E-state index contributed by atoms with van der Waals surface area (Å²) in [5.41, 5.74) is 2.26. The van der Waals surface area contributed by atoms with Crippen molar-refractivity contribution >= 4 is 71.6 Å². The number of hydrogen-bond acceptors (Lipinski definition) is 5. The fraction of sp³-hybridized carbons (Fsp3) is 0.0556. The van der Waals surface area contributed by atoms with E-state index in [-0.39, 0.29) is 11.0 Å². The zero-order valence-corrected chi connectivity index (χ0v) is 18.8. The van der Waals surface area contributed by atoms with Crippen LogP contribution >= 0.6 is 55.4 Å². The van der Waals surface area contributed by atoms with Crippen molar-refractivity contribution in [1.29, 1.82) is 0 Å². The molecular formula is C18H13Br2N3O2S2. The lowest BCUT2D eigenvalue weighted by Gasteiger charge is -2.07. The van der Waals surface area contributed by atoms with Gasteiger partial charge in [-0.25, -0.2) is 4.98 Å². The third-order valence-electron chi connectivity index (χ3n) is 3.51. The smallest absolute Gasteiger partial charge is 0.257 e. The predicted octanol–water partition coefficient (Wildman–Crippen LogP) is 5.47. The molecule has 3 rings (SSSR count). The number of aromatic nitrogens is 1. The van der Waals surface area contributed by atoms with Crippen LogP contribution in [-0.4, -0.2) is 23.1 Å². The highest BCUT2D eigenvalue weighted by Gasteiger charge is 2.11. The van der Waals surface area contributed by atoms with Gasteiger partial charge >= 0.3 is 0 Å². The van der Waals surface area contributed by atoms with Crippen molar-refractivity contribution < 1.29 is 9.53 Å². The first-order chi connectivity index (χ1) is 13.0. The first kappa shape index (κ1) is 19.9. The lowest BCUT2D eigenvalue weighted by Crippen LogP contribution is -2.34. The molecule has 0 atom stereocenters. The Morgan fingerprint density at radius 1 is 1.19 bits per heavy atom. The predicted molar refractivity (Wildman–Crippen MR) is 120 cm³/mol. The van der Waals surface area contributed by atoms with E-state index >= 15 is 0 Å². The lowest BCUT2D eigenvalue weighted by molar-refractivity contribution is 0.0977. The highest BCUT2D eigenvalue weighted by molar-refractivity contribution is 9.10. The van der Waals surface area contributed by atoms with Crippen LogP contribution in [0, 0.1) is 0 Å². The molecule has 0 saturated heterocycles. The first-order valence-electron chi connectivity index (χ1n) is 7.63. The molecule has 27 heavy (non-hydrogen) atoms. The molecule has 2 N–H and O–H groups in total. The van der Waals surface area contributed by atoms with E-state index in [1.54, 1.807) is 31.4 Å². The summed E-state index contributed by atoms with van der Waals surface area (Å²) in [7, 11) is 1.62. The van der Waals surface area contributed by atoms with Gasteiger partial charge in [-0.1, -0.05) is 15.9 Å². The zero-order chi connectivity index (χ0) is 19.4. The number of hydrogen-bond donors (Lipinski definition) is 2. The second-order valence-electron chi connectivity index (χ2n) is 5.30. The Kier molecular flexibility index (Phi) is 6.59. The van der Waals surface area contributed by atoms with Gasteiger partial charge in [0.1, 0.15) is 5.75 Å². The Bertz CT molecular complexity index is 991. The minimum absolute atomic E-state index is 0.194. The molecule has 0 bridgehead atoms. The van der Waals surface area contributed by atoms with Gasteiger partial charge in [0, 0.05) is 21.0 Å². The third-order valence-corrected chi connectivity index (χ3v) is 5.62. The summed E-state index contributed by atoms with van der Waals surface area (Å²) in [6.07, 6.45) is 0. The van der Waals surface area contributed by atoms with Crippen LogP contribution in [0.4, 0.5) is 5.13 Å². The summed E-state index contributed by atoms with van der Waals surface area (Å²) in [5.74, 6) is 0.472. The maximum absolute atomic E-state index is 12.2. The molecule has 1 heterocycles. The molecule has 5 nitrogen and oxygen atoms in total. The number of carbonyl (C=O) groups is 1. The van der Waals surface area contributed by atoms with Crippen LogP contribution in [0.5, 0.6) is 5.75 Å². The standard InChI is InChI=1S/C18H13Br2N3O2S2/c1-25-15-7-4-11(8-13(15)20)14-9-27-18(21-14)23-17(26)22-16(24)10-2-5-12(19)6-3-10/h2-9H,1H3,(H2,21,22,23,24,26). The van der Waals surface area contributed by atoms with E-state index in [4.69, 9.17) is 17.0 Å². The van der Waals surface area contributed by atoms with Gasteiger partial charge in [0.2, 0.25) is 0 Å². The highest BCUT2D eigenvalue weighted by Crippen LogP contribution is 2.32. The monoisotopic (exact) mass is 525 g/mol. The van der Waals surface area contributed by atoms with Crippen molar-refractivity contribution in [3.8, 4) is 17.0 Å². The van der Waals surface area contributed by atoms with E-state index in [0.29, 0.717) is 10.7 Å². The second kappa shape index (κ2) is 8.92. The van der Waals surface area contributed by atoms with Gasteiger partial charge in [0.15, 0.2) is 10.2 Å². The van der Waals surface area contributed by atoms with Crippen molar-refractivity contribution in [2.45, 2.75) is 0 Å². The van der Waals surface area contributed by atoms with Crippen LogP contribution in [0.2, 0.25) is 0 Å². The normalized spacial score (nSPS) is 10.3. The molecule has 0 aliphatic carbocycles. The average Bonchev–Trinajstić information content (AvgIpc) is 3.10. The summed E-state index contributed by atoms with van der Waals surface area (Å²) in [4.78, 5) is 16.7. The van der Waals surface area contributed by atoms with E-state index < -0.39 is 0 Å². The molecule has 0 saturated carbocycles. The van der Waals surface area contributed by atoms with Crippen molar-refractivity contribution in [2.24, 2.45) is 0 Å². The quantitative estimate of drug-likeness (QED) is 0.441. The molecule has 0 fully saturated rings. The number of amides is 1. The molecule has 0 aliphatic rings. The summed E-state index contributed by atoms with van der Waals surface area (Å²) in [5, 5.41) is 8.29. The number of carbonyl (C=O) groups excluding carboxylic acids is 1. The van der Waals surface area contributed by atoms with Crippen molar-refractivity contribution in [2.75, 3.05) is 12.4 Å². The molecule has 2 aromatic carbocycles. The van der Waals surface area contributed by atoms with E-state index in [9.17, 15) is 4.79 Å². The number of thiazole rings is 1. The Balaban J connectivity index is 1.65. The maximum Gasteiger partial charge on any atom is 0.257 e. The van der Waals surface area contributed by atoms with Gasteiger partial charge in [-0.2, -0.15) is 0 Å². The van der Waals surface area contributed by atoms with Crippen molar-refractivity contribution in [3.63, 3.8) is 0 Å². The Morgan fingerprint density at radius 2 is 1.93 bits per heavy atom. The number of methoxy groups -OCH3 is 1. The van der Waals surface area contributed by atoms with Gasteiger partial charge in [0.25, 0.3) is 5.91 Å². The molecule has 1 aromatic heterocycles. The van der Waals surface area contributed by atoms with Crippen LogP contribution in [0.1, 0.15) is 10.4 Å². The number of ether oxygens (including phenoxy) is 1. The number of anilines is 1. The largest absolute Gasteiger partial charge is 0.496 e. The van der Waals surface area contributed by atoms with Gasteiger partial charge in [-0.05, 0) is 70.6 Å². The molecule has 138 valence electrons. The number of halogens is 2. The second-order valence-corrected chi connectivity index (χ2v) is 8.34. The third kappa shape index (κ3) is 5.13. The molecular weight excluding hydrogens is 514 g/mol. The van der Waals surface area contributed by atoms with Gasteiger partial charge in [-0.3, -0.25) is 10.1 Å². The summed E-state index contributed by atoms with van der Waals surface area (Å²) >= 11 is 13.4. The topological polar surface area (TPSA) is 63.2 Å². The minimum Gasteiger partial charge on any atom is -0.496 e. The number of benzene rings is 2. The Morgan fingerprint density at radius 3 is 2.59 bits per heavy atom. The van der Waals surface area contributed by atoms with Gasteiger partial charge in [-0.15, -0.1) is 11.3 Å². The summed E-state index contributed by atoms with van der Waals surface area (Å²) in [6, 6.07) is 12.8. The first-order valence-corrected chi connectivity index (χ1v) is 10.5. The van der Waals surface area contributed by atoms with E-state index in [0.717, 1.165) is 26.0 Å². The van der Waals surface area contributed by atoms with Crippen molar-refractivity contribution in [3.05, 3.63) is 62.4 Å².